The van der Waals surface area contributed by atoms with Crippen molar-refractivity contribution in [2.45, 2.75) is 31.2 Å². The minimum atomic E-state index is 0.0417. The van der Waals surface area contributed by atoms with E-state index in [2.05, 4.69) is 36.6 Å². The van der Waals surface area contributed by atoms with Gasteiger partial charge in [-0.25, -0.2) is 4.79 Å². The van der Waals surface area contributed by atoms with Gasteiger partial charge in [0.05, 0.1) is 16.4 Å². The number of hydrogen-bond donors (Lipinski definition) is 0. The zero-order valence-corrected chi connectivity index (χ0v) is 15.9. The van der Waals surface area contributed by atoms with Crippen molar-refractivity contribution in [1.82, 2.24) is 9.13 Å². The second kappa shape index (κ2) is 7.04. The molecule has 0 spiro atoms. The van der Waals surface area contributed by atoms with Crippen molar-refractivity contribution in [1.29, 1.82) is 0 Å². The number of benzene rings is 2. The Morgan fingerprint density at radius 3 is 2.31 bits per heavy atom. The third-order valence-corrected chi connectivity index (χ3v) is 5.50. The van der Waals surface area contributed by atoms with E-state index in [0.717, 1.165) is 34.8 Å². The minimum Gasteiger partial charge on any atom is -0.292 e. The maximum atomic E-state index is 13.2. The number of thioether (sulfide) groups is 1. The van der Waals surface area contributed by atoms with Gasteiger partial charge in [-0.05, 0) is 67.5 Å². The van der Waals surface area contributed by atoms with Crippen LogP contribution in [0.15, 0.2) is 64.3 Å². The van der Waals surface area contributed by atoms with Crippen LogP contribution in [0.5, 0.6) is 0 Å². The molecule has 2 aromatic carbocycles. The standard InChI is InChI=1S/C22H22N2OS/c1-3-23-21(17-11-12-17)20(15-16-9-13-19(26-2)14-10-16)24(22(23)25)18-7-5-4-6-8-18/h4-10,13-15H,3,11-12H2,1-2H3/b20-15+. The van der Waals surface area contributed by atoms with E-state index in [1.807, 2.05) is 46.4 Å². The molecule has 0 aliphatic heterocycles. The highest BCUT2D eigenvalue weighted by Crippen LogP contribution is 2.27. The van der Waals surface area contributed by atoms with Crippen LogP contribution in [0.4, 0.5) is 0 Å². The number of nitrogens with zero attached hydrogens (tertiary/aromatic N) is 2. The van der Waals surface area contributed by atoms with Crippen molar-refractivity contribution in [3.63, 3.8) is 0 Å². The van der Waals surface area contributed by atoms with Crippen LogP contribution in [-0.2, 0) is 6.54 Å². The third-order valence-electron chi connectivity index (χ3n) is 4.76. The van der Waals surface area contributed by atoms with Crippen LogP contribution in [0, 0.1) is 0 Å². The molecule has 3 nitrogen and oxygen atoms in total. The monoisotopic (exact) mass is 362 g/mol. The van der Waals surface area contributed by atoms with Gasteiger partial charge in [0.15, 0.2) is 0 Å². The lowest BCUT2D eigenvalue weighted by Gasteiger charge is -2.02. The summed E-state index contributed by atoms with van der Waals surface area (Å²) < 4.78 is 3.77. The summed E-state index contributed by atoms with van der Waals surface area (Å²) in [6.07, 6.45) is 6.40. The van der Waals surface area contributed by atoms with Crippen LogP contribution in [0.1, 0.15) is 25.3 Å². The van der Waals surface area contributed by atoms with E-state index in [0.29, 0.717) is 6.54 Å². The predicted molar refractivity (Wildman–Crippen MR) is 109 cm³/mol. The van der Waals surface area contributed by atoms with Gasteiger partial charge in [-0.1, -0.05) is 30.3 Å². The number of imidazole rings is 1. The van der Waals surface area contributed by atoms with E-state index in [9.17, 15) is 4.79 Å². The van der Waals surface area contributed by atoms with Crippen molar-refractivity contribution in [3.05, 3.63) is 81.3 Å². The van der Waals surface area contributed by atoms with Crippen molar-refractivity contribution in [3.8, 4) is 5.69 Å². The summed E-state index contributed by atoms with van der Waals surface area (Å²) in [5.74, 6) is 0. The van der Waals surface area contributed by atoms with Crippen molar-refractivity contribution >= 4 is 23.4 Å². The van der Waals surface area contributed by atoms with Gasteiger partial charge in [-0.2, -0.15) is 0 Å². The highest BCUT2D eigenvalue weighted by Gasteiger charge is 2.20. The first-order valence-electron chi connectivity index (χ1n) is 8.97. The number of para-hydroxylation sites is 1. The topological polar surface area (TPSA) is 26.9 Å². The van der Waals surface area contributed by atoms with Crippen LogP contribution in [0.3, 0.4) is 0 Å². The zero-order chi connectivity index (χ0) is 18.1. The molecule has 1 heterocycles. The lowest BCUT2D eigenvalue weighted by Crippen LogP contribution is -2.33. The molecule has 1 aliphatic carbocycles. The number of aromatic nitrogens is 2. The molecule has 1 aliphatic rings. The van der Waals surface area contributed by atoms with E-state index in [-0.39, 0.29) is 5.69 Å². The molecule has 4 rings (SSSR count). The summed E-state index contributed by atoms with van der Waals surface area (Å²) >= 11 is 1.73. The van der Waals surface area contributed by atoms with Crippen LogP contribution in [-0.4, -0.2) is 15.4 Å². The fraction of sp³-hybridized carbons (Fsp3) is 0.227. The smallest absolute Gasteiger partial charge is 0.292 e. The van der Waals surface area contributed by atoms with Gasteiger partial charge < -0.3 is 0 Å². The fourth-order valence-corrected chi connectivity index (χ4v) is 3.75. The minimum absolute atomic E-state index is 0.0417. The molecule has 0 atom stereocenters. The zero-order valence-electron chi connectivity index (χ0n) is 15.1. The largest absolute Gasteiger partial charge is 0.333 e. The summed E-state index contributed by atoms with van der Waals surface area (Å²) in [4.78, 5) is 14.4. The van der Waals surface area contributed by atoms with Gasteiger partial charge in [0.25, 0.3) is 0 Å². The Balaban J connectivity index is 2.05. The van der Waals surface area contributed by atoms with E-state index < -0.39 is 0 Å². The molecule has 1 saturated carbocycles. The van der Waals surface area contributed by atoms with E-state index in [1.54, 1.807) is 11.8 Å². The van der Waals surface area contributed by atoms with E-state index in [1.165, 1.54) is 10.5 Å². The highest BCUT2D eigenvalue weighted by molar-refractivity contribution is 7.98. The maximum absolute atomic E-state index is 13.2. The molecule has 132 valence electrons. The SMILES string of the molecule is CCn1c(=C2CC2)/c(=C\c2ccc(SC)cc2)n(-c2ccccc2)c1=O. The Bertz CT molecular complexity index is 1100. The number of hydrogen-bond acceptors (Lipinski definition) is 2. The third kappa shape index (κ3) is 3.06. The molecule has 0 amide bonds. The normalized spacial score (nSPS) is 14.1. The first-order chi connectivity index (χ1) is 12.7. The van der Waals surface area contributed by atoms with Gasteiger partial charge >= 0.3 is 5.69 Å². The molecule has 1 aromatic heterocycles. The van der Waals surface area contributed by atoms with Crippen molar-refractivity contribution in [2.75, 3.05) is 6.26 Å². The molecule has 4 heteroatoms. The van der Waals surface area contributed by atoms with Crippen LogP contribution in [0.25, 0.3) is 17.3 Å². The molecule has 0 saturated heterocycles. The summed E-state index contributed by atoms with van der Waals surface area (Å²) in [6, 6.07) is 18.4. The Morgan fingerprint density at radius 2 is 1.73 bits per heavy atom. The maximum Gasteiger partial charge on any atom is 0.333 e. The predicted octanol–water partition coefficient (Wildman–Crippen LogP) is 3.15. The van der Waals surface area contributed by atoms with Gasteiger partial charge in [0, 0.05) is 11.4 Å². The molecule has 1 fully saturated rings. The summed E-state index contributed by atoms with van der Waals surface area (Å²) in [5.41, 5.74) is 3.45. The lowest BCUT2D eigenvalue weighted by molar-refractivity contribution is 0.696. The van der Waals surface area contributed by atoms with Gasteiger partial charge in [-0.3, -0.25) is 9.13 Å². The Kier molecular flexibility index (Phi) is 4.60. The molecule has 26 heavy (non-hydrogen) atoms. The van der Waals surface area contributed by atoms with Gasteiger partial charge in [-0.15, -0.1) is 11.8 Å². The molecule has 0 bridgehead atoms. The highest BCUT2D eigenvalue weighted by atomic mass is 32.2. The fourth-order valence-electron chi connectivity index (χ4n) is 3.35. The molecule has 0 radical (unpaired) electrons. The Hall–Kier alpha value is -2.46. The summed E-state index contributed by atoms with van der Waals surface area (Å²) in [6.45, 7) is 2.73. The molecule has 3 aromatic rings. The number of rotatable bonds is 4. The van der Waals surface area contributed by atoms with Crippen LogP contribution in [0.2, 0.25) is 0 Å². The average molecular weight is 362 g/mol. The van der Waals surface area contributed by atoms with Gasteiger partial charge in [0.1, 0.15) is 0 Å². The van der Waals surface area contributed by atoms with E-state index in [4.69, 9.17) is 0 Å². The lowest BCUT2D eigenvalue weighted by atomic mass is 10.2. The quantitative estimate of drug-likeness (QED) is 0.667. The Morgan fingerprint density at radius 1 is 1.04 bits per heavy atom. The van der Waals surface area contributed by atoms with Crippen molar-refractivity contribution in [2.24, 2.45) is 0 Å². The first-order valence-corrected chi connectivity index (χ1v) is 10.2. The van der Waals surface area contributed by atoms with E-state index >= 15 is 0 Å². The first kappa shape index (κ1) is 17.0. The van der Waals surface area contributed by atoms with Crippen LogP contribution >= 0.6 is 11.8 Å². The average Bonchev–Trinajstić information content (AvgIpc) is 3.48. The second-order valence-corrected chi connectivity index (χ2v) is 7.33. The summed E-state index contributed by atoms with van der Waals surface area (Å²) in [5, 5.41) is 2.10. The molecular formula is C22H22N2OS. The second-order valence-electron chi connectivity index (χ2n) is 6.45. The summed E-state index contributed by atoms with van der Waals surface area (Å²) in [7, 11) is 0. The van der Waals surface area contributed by atoms with Crippen molar-refractivity contribution < 1.29 is 0 Å². The molecular weight excluding hydrogens is 340 g/mol. The van der Waals surface area contributed by atoms with Crippen LogP contribution < -0.4 is 16.4 Å². The Labute approximate surface area is 157 Å². The molecule has 0 N–H and O–H groups in total. The molecule has 0 unspecified atom stereocenters. The van der Waals surface area contributed by atoms with Gasteiger partial charge in [0.2, 0.25) is 0 Å².